The minimum absolute atomic E-state index is 0.0328. The van der Waals surface area contributed by atoms with E-state index in [0.717, 1.165) is 9.07 Å². The van der Waals surface area contributed by atoms with Crippen molar-refractivity contribution >= 4 is 53.9 Å². The van der Waals surface area contributed by atoms with Crippen LogP contribution in [-0.4, -0.2) is 47.2 Å². The maximum absolute atomic E-state index is 12.2. The van der Waals surface area contributed by atoms with E-state index in [9.17, 15) is 9.59 Å². The Bertz CT molecular complexity index is 785. The molecular weight excluding hydrogens is 469 g/mol. The second-order valence-corrected chi connectivity index (χ2v) is 8.26. The first-order valence-electron chi connectivity index (χ1n) is 7.71. The molecule has 0 saturated carbocycles. The number of methoxy groups -OCH3 is 1. The normalized spacial score (nSPS) is 13.5. The Morgan fingerprint density at radius 1 is 1.35 bits per heavy atom. The van der Waals surface area contributed by atoms with E-state index in [1.165, 1.54) is 13.2 Å². The molecule has 0 bridgehead atoms. The number of carbonyl (C=O) groups excluding carboxylic acids is 2. The van der Waals surface area contributed by atoms with E-state index in [-0.39, 0.29) is 12.5 Å². The van der Waals surface area contributed by atoms with Crippen LogP contribution in [0.15, 0.2) is 51.3 Å². The van der Waals surface area contributed by atoms with Crippen LogP contribution < -0.4 is 5.32 Å². The number of likely N-dealkylation sites (N-methyl/N-ethyl adjacent to an activating group) is 1. The number of benzene rings is 1. The van der Waals surface area contributed by atoms with Crippen LogP contribution in [0.4, 0.5) is 0 Å². The first-order chi connectivity index (χ1) is 12.5. The summed E-state index contributed by atoms with van der Waals surface area (Å²) in [5.41, 5.74) is 1.02. The number of hydrogen-bond acceptors (Lipinski definition) is 5. The standard InChI is InChI=1S/C18H19ClIN3O3/c1-23(12-13-3-5-14(19)6-4-13)17(24)11-22-16-9-20-15(10-21-16)7-8-18(25)26-2/h3-10H,11-12H2,1-2H3,(H,21,22)/b8-7+. The summed E-state index contributed by atoms with van der Waals surface area (Å²) >= 11 is 5.45. The summed E-state index contributed by atoms with van der Waals surface area (Å²) in [5.74, 6) is 0.257. The van der Waals surface area contributed by atoms with Gasteiger partial charge in [0, 0.05) is 38.5 Å². The zero-order valence-corrected chi connectivity index (χ0v) is 17.3. The van der Waals surface area contributed by atoms with Crippen molar-refractivity contribution in [3.05, 3.63) is 56.9 Å². The van der Waals surface area contributed by atoms with Crippen LogP contribution in [0.3, 0.4) is 0 Å². The molecule has 0 unspecified atom stereocenters. The Balaban J connectivity index is 1.82. The van der Waals surface area contributed by atoms with Gasteiger partial charge in [-0.2, -0.15) is 0 Å². The highest BCUT2D eigenvalue weighted by Gasteiger charge is 2.10. The Hall–Kier alpha value is -2.00. The molecule has 1 aromatic carbocycles. The largest absolute Gasteiger partial charge is 0.466 e. The van der Waals surface area contributed by atoms with Gasteiger partial charge in [-0.3, -0.25) is 4.79 Å². The first kappa shape index (κ1) is 20.3. The highest BCUT2D eigenvalue weighted by atomic mass is 127. The van der Waals surface area contributed by atoms with Crippen LogP contribution in [-0.2, 0) is 20.9 Å². The van der Waals surface area contributed by atoms with E-state index >= 15 is 0 Å². The van der Waals surface area contributed by atoms with Gasteiger partial charge in [0.1, 0.15) is 5.82 Å². The van der Waals surface area contributed by atoms with Crippen molar-refractivity contribution in [3.8, 4) is 0 Å². The minimum Gasteiger partial charge on any atom is -0.466 e. The summed E-state index contributed by atoms with van der Waals surface area (Å²) in [6, 6.07) is 7.41. The fraction of sp³-hybridized carbons (Fsp3) is 0.222. The molecule has 0 fully saturated rings. The molecule has 1 N–H and O–H groups in total. The Morgan fingerprint density at radius 3 is 2.69 bits per heavy atom. The van der Waals surface area contributed by atoms with E-state index < -0.39 is 26.7 Å². The number of halogens is 2. The van der Waals surface area contributed by atoms with Gasteiger partial charge >= 0.3 is 5.97 Å². The third-order valence-electron chi connectivity index (χ3n) is 3.37. The second-order valence-electron chi connectivity index (χ2n) is 5.33. The molecule has 0 aliphatic carbocycles. The molecule has 26 heavy (non-hydrogen) atoms. The quantitative estimate of drug-likeness (QED) is 0.365. The molecule has 1 aliphatic rings. The topological polar surface area (TPSA) is 71.0 Å². The van der Waals surface area contributed by atoms with E-state index in [2.05, 4.69) is 15.0 Å². The third-order valence-corrected chi connectivity index (χ3v) is 5.88. The van der Waals surface area contributed by atoms with Crippen molar-refractivity contribution in [1.29, 1.82) is 0 Å². The van der Waals surface area contributed by atoms with Gasteiger partial charge in [-0.1, -0.05) is 44.5 Å². The monoisotopic (exact) mass is 487 g/mol. The number of amides is 1. The predicted molar refractivity (Wildman–Crippen MR) is 113 cm³/mol. The number of carbonyl (C=O) groups is 2. The Morgan fingerprint density at radius 2 is 2.08 bits per heavy atom. The average Bonchev–Trinajstić information content (AvgIpc) is 2.66. The smallest absolute Gasteiger partial charge is 0.330 e. The lowest BCUT2D eigenvalue weighted by molar-refractivity contribution is -0.134. The lowest BCUT2D eigenvalue weighted by Gasteiger charge is -2.18. The predicted octanol–water partition coefficient (Wildman–Crippen LogP) is 2.64. The van der Waals surface area contributed by atoms with Crippen molar-refractivity contribution in [2.45, 2.75) is 6.54 Å². The molecule has 0 aromatic heterocycles. The molecule has 0 atom stereocenters. The van der Waals surface area contributed by atoms with Crippen molar-refractivity contribution in [3.63, 3.8) is 0 Å². The van der Waals surface area contributed by atoms with Gasteiger partial charge in [-0.25, -0.2) is 9.79 Å². The number of nitrogens with zero attached hydrogens (tertiary/aromatic N) is 2. The van der Waals surface area contributed by atoms with E-state index in [4.69, 9.17) is 11.6 Å². The van der Waals surface area contributed by atoms with Gasteiger partial charge in [0.2, 0.25) is 5.91 Å². The van der Waals surface area contributed by atoms with Crippen molar-refractivity contribution < 1.29 is 14.3 Å². The number of ether oxygens (including phenoxy) is 1. The molecule has 2 rings (SSSR count). The van der Waals surface area contributed by atoms with Gasteiger partial charge in [0.15, 0.2) is 0 Å². The van der Waals surface area contributed by atoms with Crippen LogP contribution in [0.25, 0.3) is 0 Å². The highest BCUT2D eigenvalue weighted by molar-refractivity contribution is 14.2. The summed E-state index contributed by atoms with van der Waals surface area (Å²) in [5, 5.41) is 3.72. The van der Waals surface area contributed by atoms with Crippen molar-refractivity contribution in [2.75, 3.05) is 20.7 Å². The summed E-state index contributed by atoms with van der Waals surface area (Å²) < 4.78 is 7.52. The number of esters is 1. The number of nitrogens with one attached hydrogen (secondary N) is 1. The molecule has 8 heteroatoms. The minimum atomic E-state index is -0.410. The van der Waals surface area contributed by atoms with E-state index in [1.807, 2.05) is 16.2 Å². The second kappa shape index (κ2) is 10.2. The molecule has 6 nitrogen and oxygen atoms in total. The van der Waals surface area contributed by atoms with Crippen LogP contribution in [0.1, 0.15) is 5.56 Å². The van der Waals surface area contributed by atoms with Crippen LogP contribution in [0.5, 0.6) is 0 Å². The van der Waals surface area contributed by atoms with Crippen LogP contribution in [0, 0.1) is 0 Å². The Kier molecular flexibility index (Phi) is 7.99. The number of aliphatic imine (C=N–C) groups is 1. The fourth-order valence-electron chi connectivity index (χ4n) is 1.93. The molecule has 1 amide bonds. The first-order valence-corrected chi connectivity index (χ1v) is 10.4. The SMILES string of the molecule is COC(=O)/C=C/C1=IC=C(NCC(=O)N(C)Cc2ccc(Cl)cc2)N=C1. The lowest BCUT2D eigenvalue weighted by Crippen LogP contribution is -2.34. The Labute approximate surface area is 167 Å². The zero-order valence-electron chi connectivity index (χ0n) is 14.4. The van der Waals surface area contributed by atoms with Gasteiger partial charge < -0.3 is 15.0 Å². The molecule has 0 spiro atoms. The van der Waals surface area contributed by atoms with E-state index in [1.54, 1.807) is 36.4 Å². The number of allylic oxidation sites excluding steroid dienone is 1. The fourth-order valence-corrected chi connectivity index (χ4v) is 3.78. The molecule has 1 aliphatic heterocycles. The van der Waals surface area contributed by atoms with Crippen LogP contribution in [0.2, 0.25) is 5.02 Å². The summed E-state index contributed by atoms with van der Waals surface area (Å²) in [7, 11) is 3.10. The molecule has 138 valence electrons. The van der Waals surface area contributed by atoms with Gasteiger partial charge in [0.05, 0.1) is 13.7 Å². The molecule has 0 radical (unpaired) electrons. The molecule has 1 aromatic rings. The molecule has 0 saturated heterocycles. The van der Waals surface area contributed by atoms with Crippen LogP contribution >= 0.6 is 32.3 Å². The average molecular weight is 488 g/mol. The lowest BCUT2D eigenvalue weighted by atomic mass is 10.2. The number of rotatable bonds is 7. The highest BCUT2D eigenvalue weighted by Crippen LogP contribution is 2.13. The summed E-state index contributed by atoms with van der Waals surface area (Å²) in [6.45, 7) is 0.688. The maximum Gasteiger partial charge on any atom is 0.330 e. The maximum atomic E-state index is 12.2. The van der Waals surface area contributed by atoms with Gasteiger partial charge in [-0.05, 0) is 23.8 Å². The van der Waals surface area contributed by atoms with Crippen molar-refractivity contribution in [1.82, 2.24) is 10.2 Å². The zero-order chi connectivity index (χ0) is 18.9. The number of hydrogen-bond donors (Lipinski definition) is 1. The summed E-state index contributed by atoms with van der Waals surface area (Å²) in [4.78, 5) is 29.2. The van der Waals surface area contributed by atoms with Crippen molar-refractivity contribution in [2.24, 2.45) is 4.99 Å². The molecule has 1 heterocycles. The van der Waals surface area contributed by atoms with Gasteiger partial charge in [-0.15, -0.1) is 0 Å². The van der Waals surface area contributed by atoms with E-state index in [0.29, 0.717) is 17.4 Å². The molecular formula is C18H19ClIN3O3. The van der Waals surface area contributed by atoms with Gasteiger partial charge in [0.25, 0.3) is 0 Å². The third kappa shape index (κ3) is 6.72. The summed E-state index contributed by atoms with van der Waals surface area (Å²) in [6.07, 6.45) is 4.79.